The SMILES string of the molecule is CC(C)(C)C(=O)C1[CH-]CCN1.[Re]. The molecule has 0 aliphatic carbocycles. The molecule has 0 spiro atoms. The van der Waals surface area contributed by atoms with E-state index in [1.807, 2.05) is 20.8 Å². The van der Waals surface area contributed by atoms with Crippen LogP contribution in [0.5, 0.6) is 0 Å². The Morgan fingerprint density at radius 3 is 2.42 bits per heavy atom. The number of nitrogens with one attached hydrogen (secondary N) is 1. The maximum absolute atomic E-state index is 11.6. The first-order valence-electron chi connectivity index (χ1n) is 4.13. The first kappa shape index (κ1) is 12.3. The molecule has 1 aliphatic rings. The van der Waals surface area contributed by atoms with Crippen LogP contribution in [0.4, 0.5) is 0 Å². The van der Waals surface area contributed by atoms with E-state index in [9.17, 15) is 4.79 Å². The number of hydrogen-bond donors (Lipinski definition) is 1. The summed E-state index contributed by atoms with van der Waals surface area (Å²) in [6.45, 7) is 6.84. The molecule has 0 bridgehead atoms. The molecule has 1 heterocycles. The van der Waals surface area contributed by atoms with Gasteiger partial charge in [-0.25, -0.2) is 0 Å². The number of ketones is 1. The van der Waals surface area contributed by atoms with Gasteiger partial charge >= 0.3 is 0 Å². The molecule has 71 valence electrons. The summed E-state index contributed by atoms with van der Waals surface area (Å²) < 4.78 is 0. The summed E-state index contributed by atoms with van der Waals surface area (Å²) in [5.41, 5.74) is -0.210. The fourth-order valence-corrected chi connectivity index (χ4v) is 1.24. The van der Waals surface area contributed by atoms with Crippen molar-refractivity contribution in [2.45, 2.75) is 33.2 Å². The molecule has 1 N–H and O–H groups in total. The van der Waals surface area contributed by atoms with Gasteiger partial charge < -0.3 is 16.5 Å². The van der Waals surface area contributed by atoms with Crippen LogP contribution in [0.15, 0.2) is 0 Å². The minimum Gasteiger partial charge on any atom is -0.339 e. The predicted molar refractivity (Wildman–Crippen MR) is 45.2 cm³/mol. The Hall–Kier alpha value is 0.292. The Bertz CT molecular complexity index is 156. The molecule has 0 aromatic carbocycles. The average molecular weight is 340 g/mol. The summed E-state index contributed by atoms with van der Waals surface area (Å²) in [7, 11) is 0. The molecule has 1 rings (SSSR count). The van der Waals surface area contributed by atoms with Crippen LogP contribution in [0.1, 0.15) is 27.2 Å². The molecule has 1 fully saturated rings. The molecular formula is C9H16NORe-. The third-order valence-electron chi connectivity index (χ3n) is 1.93. The molecule has 1 radical (unpaired) electrons. The topological polar surface area (TPSA) is 29.1 Å². The zero-order chi connectivity index (χ0) is 8.48. The number of rotatable bonds is 1. The second-order valence-corrected chi connectivity index (χ2v) is 4.07. The van der Waals surface area contributed by atoms with Crippen LogP contribution in [0, 0.1) is 11.8 Å². The van der Waals surface area contributed by atoms with Gasteiger partial charge in [-0.05, 0) is 6.54 Å². The molecule has 1 saturated heterocycles. The van der Waals surface area contributed by atoms with Gasteiger partial charge in [-0.1, -0.05) is 26.8 Å². The molecule has 0 aromatic rings. The molecule has 0 saturated carbocycles. The van der Waals surface area contributed by atoms with Crippen LogP contribution in [-0.4, -0.2) is 18.4 Å². The van der Waals surface area contributed by atoms with Crippen molar-refractivity contribution in [1.29, 1.82) is 0 Å². The van der Waals surface area contributed by atoms with Crippen molar-refractivity contribution < 1.29 is 25.2 Å². The molecule has 1 aliphatic heterocycles. The summed E-state index contributed by atoms with van der Waals surface area (Å²) >= 11 is 0. The molecule has 1 unspecified atom stereocenters. The zero-order valence-electron chi connectivity index (χ0n) is 7.86. The van der Waals surface area contributed by atoms with Crippen LogP contribution >= 0.6 is 0 Å². The summed E-state index contributed by atoms with van der Waals surface area (Å²) in [5.74, 6) is 0.301. The van der Waals surface area contributed by atoms with Crippen LogP contribution in [0.25, 0.3) is 0 Å². The summed E-state index contributed by atoms with van der Waals surface area (Å²) in [5, 5.41) is 3.16. The van der Waals surface area contributed by atoms with Gasteiger partial charge in [0, 0.05) is 25.8 Å². The quantitative estimate of drug-likeness (QED) is 0.726. The van der Waals surface area contributed by atoms with E-state index in [2.05, 4.69) is 11.7 Å². The van der Waals surface area contributed by atoms with Gasteiger partial charge in [-0.2, -0.15) is 6.42 Å². The van der Waals surface area contributed by atoms with Gasteiger partial charge in [0.05, 0.1) is 0 Å². The number of carbonyl (C=O) groups excluding carboxylic acids is 1. The second-order valence-electron chi connectivity index (χ2n) is 4.07. The zero-order valence-corrected chi connectivity index (χ0v) is 10.6. The number of carbonyl (C=O) groups is 1. The number of Topliss-reactive ketones (excluding diaryl/α,β-unsaturated/α-hetero) is 1. The molecular weight excluding hydrogens is 324 g/mol. The third-order valence-corrected chi connectivity index (χ3v) is 1.93. The monoisotopic (exact) mass is 341 g/mol. The van der Waals surface area contributed by atoms with Crippen molar-refractivity contribution >= 4 is 5.78 Å². The normalized spacial score (nSPS) is 23.4. The van der Waals surface area contributed by atoms with Crippen LogP contribution in [0.2, 0.25) is 0 Å². The largest absolute Gasteiger partial charge is 0.339 e. The average Bonchev–Trinajstić information content (AvgIpc) is 2.34. The van der Waals surface area contributed by atoms with E-state index >= 15 is 0 Å². The van der Waals surface area contributed by atoms with Crippen molar-refractivity contribution in [1.82, 2.24) is 5.32 Å². The van der Waals surface area contributed by atoms with Gasteiger partial charge in [0.2, 0.25) is 0 Å². The van der Waals surface area contributed by atoms with E-state index in [1.165, 1.54) is 0 Å². The van der Waals surface area contributed by atoms with Gasteiger partial charge in [-0.3, -0.25) is 0 Å². The van der Waals surface area contributed by atoms with Crippen molar-refractivity contribution in [3.63, 3.8) is 0 Å². The maximum Gasteiger partial charge on any atom is 0.124 e. The molecule has 2 nitrogen and oxygen atoms in total. The van der Waals surface area contributed by atoms with Crippen LogP contribution < -0.4 is 5.32 Å². The smallest absolute Gasteiger partial charge is 0.124 e. The molecule has 0 aromatic heterocycles. The standard InChI is InChI=1S/C9H16NO.Re/c1-9(2,3)8(11)7-5-4-6-10-7;/h5,7,10H,4,6H2,1-3H3;/q-1;. The second kappa shape index (κ2) is 4.51. The Morgan fingerprint density at radius 2 is 2.08 bits per heavy atom. The maximum atomic E-state index is 11.6. The van der Waals surface area contributed by atoms with E-state index in [0.29, 0.717) is 5.78 Å². The molecule has 0 amide bonds. The van der Waals surface area contributed by atoms with E-state index in [4.69, 9.17) is 0 Å². The van der Waals surface area contributed by atoms with Crippen molar-refractivity contribution in [3.05, 3.63) is 6.42 Å². The molecule has 1 atom stereocenters. The Labute approximate surface area is 88.1 Å². The van der Waals surface area contributed by atoms with Crippen LogP contribution in [-0.2, 0) is 25.2 Å². The van der Waals surface area contributed by atoms with E-state index < -0.39 is 0 Å². The van der Waals surface area contributed by atoms with Gasteiger partial charge in [0.25, 0.3) is 0 Å². The minimum absolute atomic E-state index is 0. The summed E-state index contributed by atoms with van der Waals surface area (Å²) in [6, 6.07) is 0.00926. The van der Waals surface area contributed by atoms with Crippen molar-refractivity contribution in [2.75, 3.05) is 6.54 Å². The Kier molecular flexibility index (Phi) is 4.62. The van der Waals surface area contributed by atoms with Crippen LogP contribution in [0.3, 0.4) is 0 Å². The first-order chi connectivity index (χ1) is 5.02. The minimum atomic E-state index is -0.210. The van der Waals surface area contributed by atoms with Gasteiger partial charge in [0.1, 0.15) is 5.78 Å². The van der Waals surface area contributed by atoms with E-state index in [0.717, 1.165) is 13.0 Å². The summed E-state index contributed by atoms with van der Waals surface area (Å²) in [6.07, 6.45) is 3.08. The predicted octanol–water partition coefficient (Wildman–Crippen LogP) is 1.17. The van der Waals surface area contributed by atoms with E-state index in [-0.39, 0.29) is 31.9 Å². The van der Waals surface area contributed by atoms with Gasteiger partial charge in [-0.15, -0.1) is 0 Å². The molecule has 12 heavy (non-hydrogen) atoms. The van der Waals surface area contributed by atoms with Gasteiger partial charge in [0.15, 0.2) is 0 Å². The Balaban J connectivity index is 0.00000121. The fourth-order valence-electron chi connectivity index (χ4n) is 1.24. The third kappa shape index (κ3) is 2.97. The Morgan fingerprint density at radius 1 is 1.50 bits per heavy atom. The van der Waals surface area contributed by atoms with Crippen molar-refractivity contribution in [3.8, 4) is 0 Å². The van der Waals surface area contributed by atoms with E-state index in [1.54, 1.807) is 0 Å². The fraction of sp³-hybridized carbons (Fsp3) is 0.778. The molecule has 3 heteroatoms. The summed E-state index contributed by atoms with van der Waals surface area (Å²) in [4.78, 5) is 11.6. The van der Waals surface area contributed by atoms with Crippen molar-refractivity contribution in [2.24, 2.45) is 5.41 Å². The first-order valence-corrected chi connectivity index (χ1v) is 4.13. The number of hydrogen-bond acceptors (Lipinski definition) is 2.